The van der Waals surface area contributed by atoms with Gasteiger partial charge in [-0.2, -0.15) is 0 Å². The van der Waals surface area contributed by atoms with Crippen molar-refractivity contribution in [1.82, 2.24) is 8.53 Å². The molecule has 1 aromatic heterocycles. The highest BCUT2D eigenvalue weighted by molar-refractivity contribution is 6.06. The van der Waals surface area contributed by atoms with Crippen LogP contribution in [-0.2, 0) is 0 Å². The second-order valence-corrected chi connectivity index (χ2v) is 2.26. The average molecular weight is 96.1 g/mol. The predicted octanol–water partition coefficient (Wildman–Crippen LogP) is -0.721. The Morgan fingerprint density at radius 2 is 2.50 bits per heavy atom. The minimum absolute atomic E-state index is 1.05. The van der Waals surface area contributed by atoms with Crippen LogP contribution in [-0.4, -0.2) is 25.0 Å². The smallest absolute Gasteiger partial charge is 0.371 e. The molecule has 1 rings (SSSR count). The van der Waals surface area contributed by atoms with Crippen molar-refractivity contribution >= 4 is 16.5 Å². The third kappa shape index (κ3) is 0.619. The number of rotatable bonds is 0. The molecule has 2 nitrogen and oxygen atoms in total. The monoisotopic (exact) mass is 96.0 g/mol. The zero-order valence-corrected chi connectivity index (χ0v) is 5.63. The molecule has 0 saturated carbocycles. The molecule has 0 aliphatic rings. The maximum Gasteiger partial charge on any atom is 0.371 e. The summed E-state index contributed by atoms with van der Waals surface area (Å²) in [5.41, 5.74) is 0. The van der Waals surface area contributed by atoms with Gasteiger partial charge in [-0.1, -0.05) is 0 Å². The Kier molecular flexibility index (Phi) is 0.954. The lowest BCUT2D eigenvalue weighted by molar-refractivity contribution is 1.21. The van der Waals surface area contributed by atoms with Crippen molar-refractivity contribution in [2.75, 3.05) is 0 Å². The molecule has 0 aromatic carbocycles. The molecule has 0 N–H and O–H groups in total. The third-order valence-electron chi connectivity index (χ3n) is 0.637. The fourth-order valence-electron chi connectivity index (χ4n) is 0.326. The van der Waals surface area contributed by atoms with E-state index in [1.54, 1.807) is 6.20 Å². The Morgan fingerprint density at radius 3 is 2.67 bits per heavy atom. The Bertz CT molecular complexity index is 112. The molecular formula is C3H5AlN2. The van der Waals surface area contributed by atoms with Gasteiger partial charge in [0.15, 0.2) is 0 Å². The van der Waals surface area contributed by atoms with Crippen molar-refractivity contribution in [3.8, 4) is 0 Å². The minimum atomic E-state index is 1.05. The van der Waals surface area contributed by atoms with Crippen LogP contribution in [0.3, 0.4) is 0 Å². The summed E-state index contributed by atoms with van der Waals surface area (Å²) in [5, 5.41) is 0. The van der Waals surface area contributed by atoms with Crippen LogP contribution in [0.2, 0.25) is 0 Å². The number of hydrogen-bond acceptors (Lipinski definition) is 1. The zero-order chi connectivity index (χ0) is 4.41. The summed E-state index contributed by atoms with van der Waals surface area (Å²) in [6, 6.07) is 0. The maximum atomic E-state index is 3.82. The third-order valence-corrected chi connectivity index (χ3v) is 1.17. The molecule has 6 heavy (non-hydrogen) atoms. The molecule has 0 atom stereocenters. The normalized spacial score (nSPS) is 8.67. The average Bonchev–Trinajstić information content (AvgIpc) is 1.86. The van der Waals surface area contributed by atoms with Crippen molar-refractivity contribution in [1.29, 1.82) is 0 Å². The van der Waals surface area contributed by atoms with Crippen LogP contribution in [0.15, 0.2) is 18.7 Å². The van der Waals surface area contributed by atoms with Crippen molar-refractivity contribution in [2.45, 2.75) is 0 Å². The Labute approximate surface area is 44.5 Å². The highest BCUT2D eigenvalue weighted by Gasteiger charge is 1.70. The summed E-state index contributed by atoms with van der Waals surface area (Å²) in [6.07, 6.45) is 5.55. The molecule has 0 unspecified atom stereocenters. The van der Waals surface area contributed by atoms with Gasteiger partial charge in [-0.05, 0) is 6.20 Å². The van der Waals surface area contributed by atoms with Crippen molar-refractivity contribution in [3.05, 3.63) is 18.7 Å². The van der Waals surface area contributed by atoms with Crippen molar-refractivity contribution < 1.29 is 0 Å². The first-order valence-electron chi connectivity index (χ1n) is 1.81. The van der Waals surface area contributed by atoms with Crippen molar-refractivity contribution in [2.24, 2.45) is 0 Å². The van der Waals surface area contributed by atoms with Crippen LogP contribution < -0.4 is 0 Å². The van der Waals surface area contributed by atoms with Gasteiger partial charge < -0.3 is 3.55 Å². The zero-order valence-electron chi connectivity index (χ0n) is 3.63. The van der Waals surface area contributed by atoms with Crippen LogP contribution in [0.25, 0.3) is 0 Å². The van der Waals surface area contributed by atoms with Gasteiger partial charge in [-0.3, -0.25) is 0 Å². The first-order chi connectivity index (χ1) is 2.89. The van der Waals surface area contributed by atoms with Crippen LogP contribution in [0.1, 0.15) is 0 Å². The van der Waals surface area contributed by atoms with E-state index in [1.807, 2.05) is 16.1 Å². The highest BCUT2D eigenvalue weighted by Crippen LogP contribution is 1.72. The van der Waals surface area contributed by atoms with Gasteiger partial charge in [-0.15, -0.1) is 0 Å². The fourth-order valence-corrected chi connectivity index (χ4v) is 0.592. The van der Waals surface area contributed by atoms with E-state index in [0.717, 1.165) is 16.5 Å². The molecule has 0 saturated heterocycles. The molecule has 0 fully saturated rings. The first-order valence-corrected chi connectivity index (χ1v) is 2.71. The van der Waals surface area contributed by atoms with E-state index in [1.165, 1.54) is 0 Å². The lowest BCUT2D eigenvalue weighted by atomic mass is 11.0. The molecular weight excluding hydrogens is 91.0 g/mol. The predicted molar refractivity (Wildman–Crippen MR) is 26.2 cm³/mol. The van der Waals surface area contributed by atoms with Gasteiger partial charge in [0.2, 0.25) is 0 Å². The molecule has 30 valence electrons. The van der Waals surface area contributed by atoms with Crippen molar-refractivity contribution in [3.63, 3.8) is 0 Å². The quantitative estimate of drug-likeness (QED) is 0.390. The van der Waals surface area contributed by atoms with E-state index >= 15 is 0 Å². The summed E-state index contributed by atoms with van der Waals surface area (Å²) in [5.74, 6) is 0. The number of nitrogens with zero attached hydrogens (tertiary/aromatic N) is 2. The molecule has 1 aromatic rings. The topological polar surface area (TPSA) is 17.8 Å². The van der Waals surface area contributed by atoms with E-state index in [0.29, 0.717) is 0 Å². The number of hydrogen-bond donors (Lipinski definition) is 0. The molecule has 0 bridgehead atoms. The van der Waals surface area contributed by atoms with E-state index in [9.17, 15) is 0 Å². The van der Waals surface area contributed by atoms with Crippen LogP contribution >= 0.6 is 0 Å². The van der Waals surface area contributed by atoms with Crippen LogP contribution in [0.4, 0.5) is 0 Å². The second-order valence-electron chi connectivity index (χ2n) is 1.23. The van der Waals surface area contributed by atoms with Gasteiger partial charge in [0.25, 0.3) is 0 Å². The number of imidazole rings is 1. The minimum Gasteiger partial charge on any atom is -0.437 e. The molecule has 0 aliphatic carbocycles. The summed E-state index contributed by atoms with van der Waals surface area (Å²) in [4.78, 5) is 3.82. The van der Waals surface area contributed by atoms with Gasteiger partial charge in [-0.25, -0.2) is 4.98 Å². The summed E-state index contributed by atoms with van der Waals surface area (Å²) >= 11 is 1.05. The van der Waals surface area contributed by atoms with Crippen LogP contribution in [0, 0.1) is 0 Å². The van der Waals surface area contributed by atoms with Gasteiger partial charge in [0.05, 0.1) is 6.33 Å². The van der Waals surface area contributed by atoms with Gasteiger partial charge >= 0.3 is 16.5 Å². The summed E-state index contributed by atoms with van der Waals surface area (Å²) in [6.45, 7) is 0. The molecule has 1 heterocycles. The number of aromatic nitrogens is 2. The summed E-state index contributed by atoms with van der Waals surface area (Å²) in [7, 11) is 0. The van der Waals surface area contributed by atoms with Crippen LogP contribution in [0.5, 0.6) is 0 Å². The van der Waals surface area contributed by atoms with E-state index < -0.39 is 0 Å². The Hall–Kier alpha value is -0.258. The molecule has 0 spiro atoms. The molecule has 0 amide bonds. The SMILES string of the molecule is [AlH2][n]1ccnc1. The van der Waals surface area contributed by atoms with E-state index in [4.69, 9.17) is 0 Å². The second kappa shape index (κ2) is 1.46. The largest absolute Gasteiger partial charge is 0.437 e. The Morgan fingerprint density at radius 1 is 1.67 bits per heavy atom. The Balaban J connectivity index is 3.05. The fraction of sp³-hybridized carbons (Fsp3) is 0. The first kappa shape index (κ1) is 3.92. The van der Waals surface area contributed by atoms with Gasteiger partial charge in [0.1, 0.15) is 0 Å². The standard InChI is InChI=1S/C3H3N2.Al.2H/c1-2-5-3-4-1;;;/h1-3H;;;/q-1;+1;;. The van der Waals surface area contributed by atoms with E-state index in [2.05, 4.69) is 4.98 Å². The molecule has 0 aliphatic heterocycles. The maximum absolute atomic E-state index is 3.82. The lowest BCUT2D eigenvalue weighted by Crippen LogP contribution is -1.81. The van der Waals surface area contributed by atoms with E-state index in [-0.39, 0.29) is 0 Å². The van der Waals surface area contributed by atoms with Gasteiger partial charge in [0, 0.05) is 6.20 Å². The molecule has 0 radical (unpaired) electrons. The lowest BCUT2D eigenvalue weighted by Gasteiger charge is -1.77. The summed E-state index contributed by atoms with van der Waals surface area (Å²) < 4.78 is 2.03. The molecule has 3 heteroatoms. The highest BCUT2D eigenvalue weighted by atomic mass is 27.1.